The molecule has 0 radical (unpaired) electrons. The van der Waals surface area contributed by atoms with E-state index in [9.17, 15) is 4.39 Å². The summed E-state index contributed by atoms with van der Waals surface area (Å²) in [4.78, 5) is 0. The average Bonchev–Trinajstić information content (AvgIpc) is 2.69. The molecule has 0 aliphatic rings. The van der Waals surface area contributed by atoms with Crippen molar-refractivity contribution in [1.29, 1.82) is 0 Å². The molecular weight excluding hydrogens is 217 g/mol. The maximum absolute atomic E-state index is 13.6. The largest absolute Gasteiger partial charge is 0.319 e. The monoisotopic (exact) mass is 233 g/mol. The predicted molar refractivity (Wildman–Crippen MR) is 65.9 cm³/mol. The number of hydrogen-bond donors (Lipinski definition) is 1. The van der Waals surface area contributed by atoms with E-state index in [2.05, 4.69) is 10.4 Å². The lowest BCUT2D eigenvalue weighted by atomic mass is 10.2. The molecule has 0 aliphatic carbocycles. The Morgan fingerprint density at radius 1 is 1.35 bits per heavy atom. The molecule has 0 atom stereocenters. The van der Waals surface area contributed by atoms with E-state index in [1.165, 1.54) is 6.07 Å². The molecular formula is C13H16FN3. The summed E-state index contributed by atoms with van der Waals surface area (Å²) < 4.78 is 15.3. The number of halogens is 1. The number of likely N-dealkylation sites (N-methyl/N-ethyl adjacent to an activating group) is 1. The minimum Gasteiger partial charge on any atom is -0.319 e. The zero-order valence-electron chi connectivity index (χ0n) is 10.1. The first-order valence-electron chi connectivity index (χ1n) is 5.67. The van der Waals surface area contributed by atoms with Crippen molar-refractivity contribution in [3.8, 4) is 5.69 Å². The van der Waals surface area contributed by atoms with Gasteiger partial charge in [-0.25, -0.2) is 9.07 Å². The summed E-state index contributed by atoms with van der Waals surface area (Å²) in [5.41, 5.74) is 2.63. The first kappa shape index (κ1) is 11.8. The Kier molecular flexibility index (Phi) is 3.54. The third kappa shape index (κ3) is 2.36. The van der Waals surface area contributed by atoms with Crippen LogP contribution in [0.15, 0.2) is 30.5 Å². The molecule has 0 saturated heterocycles. The van der Waals surface area contributed by atoms with Gasteiger partial charge in [0.2, 0.25) is 0 Å². The SMILES string of the molecule is CNCCc1cnn(-c2ccccc2F)c1C. The zero-order valence-corrected chi connectivity index (χ0v) is 10.1. The normalized spacial score (nSPS) is 10.8. The summed E-state index contributed by atoms with van der Waals surface area (Å²) in [5.74, 6) is -0.251. The molecule has 0 fully saturated rings. The van der Waals surface area contributed by atoms with Crippen molar-refractivity contribution in [2.24, 2.45) is 0 Å². The van der Waals surface area contributed by atoms with Crippen LogP contribution in [0, 0.1) is 12.7 Å². The third-order valence-electron chi connectivity index (χ3n) is 2.84. The van der Waals surface area contributed by atoms with Gasteiger partial charge in [0, 0.05) is 5.69 Å². The number of benzene rings is 1. The van der Waals surface area contributed by atoms with Gasteiger partial charge in [0.15, 0.2) is 0 Å². The van der Waals surface area contributed by atoms with Crippen molar-refractivity contribution in [3.05, 3.63) is 47.5 Å². The van der Waals surface area contributed by atoms with Gasteiger partial charge in [0.05, 0.1) is 6.20 Å². The van der Waals surface area contributed by atoms with Crippen molar-refractivity contribution in [2.45, 2.75) is 13.3 Å². The van der Waals surface area contributed by atoms with E-state index >= 15 is 0 Å². The van der Waals surface area contributed by atoms with E-state index < -0.39 is 0 Å². The van der Waals surface area contributed by atoms with Crippen molar-refractivity contribution >= 4 is 0 Å². The van der Waals surface area contributed by atoms with Crippen LogP contribution in [-0.2, 0) is 6.42 Å². The molecule has 4 heteroatoms. The highest BCUT2D eigenvalue weighted by atomic mass is 19.1. The topological polar surface area (TPSA) is 29.9 Å². The van der Waals surface area contributed by atoms with Gasteiger partial charge in [-0.05, 0) is 44.6 Å². The molecule has 2 rings (SSSR count). The van der Waals surface area contributed by atoms with Gasteiger partial charge < -0.3 is 5.32 Å². The second-order valence-corrected chi connectivity index (χ2v) is 3.97. The van der Waals surface area contributed by atoms with Gasteiger partial charge in [-0.1, -0.05) is 12.1 Å². The van der Waals surface area contributed by atoms with Crippen LogP contribution in [0.25, 0.3) is 5.69 Å². The summed E-state index contributed by atoms with van der Waals surface area (Å²) in [5, 5.41) is 7.34. The molecule has 2 aromatic rings. The summed E-state index contributed by atoms with van der Waals surface area (Å²) in [6.07, 6.45) is 2.70. The lowest BCUT2D eigenvalue weighted by Crippen LogP contribution is -2.11. The van der Waals surface area contributed by atoms with Crippen LogP contribution in [0.2, 0.25) is 0 Å². The van der Waals surface area contributed by atoms with Gasteiger partial charge in [-0.3, -0.25) is 0 Å². The Morgan fingerprint density at radius 2 is 2.12 bits per heavy atom. The number of para-hydroxylation sites is 1. The van der Waals surface area contributed by atoms with E-state index in [1.807, 2.05) is 20.0 Å². The van der Waals surface area contributed by atoms with Crippen LogP contribution in [0.3, 0.4) is 0 Å². The molecule has 17 heavy (non-hydrogen) atoms. The molecule has 0 saturated carbocycles. The molecule has 1 heterocycles. The fourth-order valence-corrected chi connectivity index (χ4v) is 1.81. The van der Waals surface area contributed by atoms with Crippen molar-refractivity contribution < 1.29 is 4.39 Å². The Labute approximate surface area is 100 Å². The highest BCUT2D eigenvalue weighted by molar-refractivity contribution is 5.36. The van der Waals surface area contributed by atoms with Crippen LogP contribution < -0.4 is 5.32 Å². The van der Waals surface area contributed by atoms with E-state index in [-0.39, 0.29) is 5.82 Å². The second-order valence-electron chi connectivity index (χ2n) is 3.97. The van der Waals surface area contributed by atoms with Gasteiger partial charge in [0.1, 0.15) is 11.5 Å². The Hall–Kier alpha value is -1.68. The van der Waals surface area contributed by atoms with Crippen molar-refractivity contribution in [3.63, 3.8) is 0 Å². The maximum Gasteiger partial charge on any atom is 0.148 e. The molecule has 3 nitrogen and oxygen atoms in total. The Bertz CT molecular complexity index is 505. The number of rotatable bonds is 4. The summed E-state index contributed by atoms with van der Waals surface area (Å²) in [7, 11) is 1.91. The number of nitrogens with zero attached hydrogens (tertiary/aromatic N) is 2. The smallest absolute Gasteiger partial charge is 0.148 e. The van der Waals surface area contributed by atoms with Crippen LogP contribution in [0.5, 0.6) is 0 Å². The van der Waals surface area contributed by atoms with E-state index in [0.717, 1.165) is 24.2 Å². The predicted octanol–water partition coefficient (Wildman–Crippen LogP) is 2.08. The molecule has 0 aliphatic heterocycles. The summed E-state index contributed by atoms with van der Waals surface area (Å²) in [6, 6.07) is 6.67. The van der Waals surface area contributed by atoms with Crippen LogP contribution in [0.1, 0.15) is 11.3 Å². The molecule has 0 bridgehead atoms. The summed E-state index contributed by atoms with van der Waals surface area (Å²) in [6.45, 7) is 2.86. The fourth-order valence-electron chi connectivity index (χ4n) is 1.81. The Balaban J connectivity index is 2.34. The first-order valence-corrected chi connectivity index (χ1v) is 5.67. The second kappa shape index (κ2) is 5.10. The lowest BCUT2D eigenvalue weighted by molar-refractivity contribution is 0.608. The Morgan fingerprint density at radius 3 is 2.82 bits per heavy atom. The third-order valence-corrected chi connectivity index (χ3v) is 2.84. The fraction of sp³-hybridized carbons (Fsp3) is 0.308. The van der Waals surface area contributed by atoms with Crippen LogP contribution in [0.4, 0.5) is 4.39 Å². The van der Waals surface area contributed by atoms with Gasteiger partial charge >= 0.3 is 0 Å². The first-order chi connectivity index (χ1) is 8.24. The van der Waals surface area contributed by atoms with Gasteiger partial charge in [0.25, 0.3) is 0 Å². The molecule has 1 N–H and O–H groups in total. The molecule has 1 aromatic heterocycles. The average molecular weight is 233 g/mol. The highest BCUT2D eigenvalue weighted by Gasteiger charge is 2.10. The molecule has 0 unspecified atom stereocenters. The highest BCUT2D eigenvalue weighted by Crippen LogP contribution is 2.16. The van der Waals surface area contributed by atoms with Crippen molar-refractivity contribution in [2.75, 3.05) is 13.6 Å². The minimum absolute atomic E-state index is 0.251. The van der Waals surface area contributed by atoms with Gasteiger partial charge in [-0.15, -0.1) is 0 Å². The number of hydrogen-bond acceptors (Lipinski definition) is 2. The standard InChI is InChI=1S/C13H16FN3/c1-10-11(7-8-15-2)9-16-17(10)13-6-4-3-5-12(13)14/h3-6,9,15H,7-8H2,1-2H3. The number of nitrogens with one attached hydrogen (secondary N) is 1. The maximum atomic E-state index is 13.6. The quantitative estimate of drug-likeness (QED) is 0.876. The minimum atomic E-state index is -0.251. The lowest BCUT2D eigenvalue weighted by Gasteiger charge is -2.06. The van der Waals surface area contributed by atoms with Crippen molar-refractivity contribution in [1.82, 2.24) is 15.1 Å². The molecule has 90 valence electrons. The van der Waals surface area contributed by atoms with E-state index in [0.29, 0.717) is 5.69 Å². The molecule has 1 aromatic carbocycles. The van der Waals surface area contributed by atoms with Crippen LogP contribution in [-0.4, -0.2) is 23.4 Å². The summed E-state index contributed by atoms with van der Waals surface area (Å²) >= 11 is 0. The van der Waals surface area contributed by atoms with E-state index in [1.54, 1.807) is 23.0 Å². The van der Waals surface area contributed by atoms with E-state index in [4.69, 9.17) is 0 Å². The molecule has 0 amide bonds. The van der Waals surface area contributed by atoms with Gasteiger partial charge in [-0.2, -0.15) is 5.10 Å². The zero-order chi connectivity index (χ0) is 12.3. The number of aromatic nitrogens is 2. The van der Waals surface area contributed by atoms with Crippen LogP contribution >= 0.6 is 0 Å². The molecule has 0 spiro atoms.